The van der Waals surface area contributed by atoms with Gasteiger partial charge in [-0.3, -0.25) is 9.36 Å². The topological polar surface area (TPSA) is 75.1 Å². The van der Waals surface area contributed by atoms with Crippen molar-refractivity contribution in [2.45, 2.75) is 32.2 Å². The highest BCUT2D eigenvalue weighted by atomic mass is 16.4. The number of aliphatic carboxylic acids is 1. The molecule has 1 fully saturated rings. The molecule has 2 N–H and O–H groups in total. The largest absolute Gasteiger partial charge is 0.481 e. The summed E-state index contributed by atoms with van der Waals surface area (Å²) in [7, 11) is 0. The summed E-state index contributed by atoms with van der Waals surface area (Å²) < 4.78 is 1.66. The number of carboxylic acid groups (broad SMARTS) is 1. The lowest BCUT2D eigenvalue weighted by Gasteiger charge is -2.25. The van der Waals surface area contributed by atoms with Crippen LogP contribution in [-0.2, 0) is 11.3 Å². The van der Waals surface area contributed by atoms with Gasteiger partial charge in [0.2, 0.25) is 0 Å². The van der Waals surface area contributed by atoms with Crippen LogP contribution in [0.4, 0.5) is 0 Å². The van der Waals surface area contributed by atoms with Crippen LogP contribution in [0.15, 0.2) is 17.2 Å². The summed E-state index contributed by atoms with van der Waals surface area (Å²) in [6.07, 6.45) is 6.64. The first-order valence-electron chi connectivity index (χ1n) is 5.63. The summed E-state index contributed by atoms with van der Waals surface area (Å²) in [4.78, 5) is 24.6. The third-order valence-corrected chi connectivity index (χ3v) is 3.37. The van der Waals surface area contributed by atoms with Crippen molar-refractivity contribution in [3.63, 3.8) is 0 Å². The van der Waals surface area contributed by atoms with Crippen LogP contribution in [0.1, 0.15) is 25.7 Å². The van der Waals surface area contributed by atoms with Crippen molar-refractivity contribution in [2.75, 3.05) is 0 Å². The Morgan fingerprint density at radius 1 is 1.44 bits per heavy atom. The fourth-order valence-corrected chi connectivity index (χ4v) is 2.36. The molecule has 0 amide bonds. The first-order chi connectivity index (χ1) is 7.66. The maximum atomic E-state index is 11.3. The van der Waals surface area contributed by atoms with Crippen molar-refractivity contribution < 1.29 is 9.90 Å². The third kappa shape index (κ3) is 2.35. The van der Waals surface area contributed by atoms with Crippen LogP contribution < -0.4 is 5.69 Å². The average molecular weight is 224 g/mol. The highest BCUT2D eigenvalue weighted by molar-refractivity contribution is 5.69. The van der Waals surface area contributed by atoms with Crippen molar-refractivity contribution in [3.8, 4) is 0 Å². The fraction of sp³-hybridized carbons (Fsp3) is 0.636. The van der Waals surface area contributed by atoms with Crippen LogP contribution in [-0.4, -0.2) is 20.6 Å². The molecule has 0 atom stereocenters. The van der Waals surface area contributed by atoms with Crippen LogP contribution in [0, 0.1) is 11.8 Å². The molecule has 1 aliphatic carbocycles. The lowest BCUT2D eigenvalue weighted by Crippen LogP contribution is -2.26. The van der Waals surface area contributed by atoms with Crippen molar-refractivity contribution in [1.29, 1.82) is 0 Å². The number of aromatic nitrogens is 2. The van der Waals surface area contributed by atoms with Gasteiger partial charge in [0.15, 0.2) is 0 Å². The van der Waals surface area contributed by atoms with Gasteiger partial charge in [-0.2, -0.15) is 0 Å². The molecule has 2 rings (SSSR count). The summed E-state index contributed by atoms with van der Waals surface area (Å²) in [6.45, 7) is 0.703. The molecule has 1 aromatic rings. The molecule has 1 heterocycles. The third-order valence-electron chi connectivity index (χ3n) is 3.37. The summed E-state index contributed by atoms with van der Waals surface area (Å²) >= 11 is 0. The molecule has 0 aromatic carbocycles. The minimum atomic E-state index is -0.683. The zero-order valence-electron chi connectivity index (χ0n) is 9.06. The molecule has 0 aliphatic heterocycles. The van der Waals surface area contributed by atoms with Crippen molar-refractivity contribution in [2.24, 2.45) is 11.8 Å². The van der Waals surface area contributed by atoms with Gasteiger partial charge >= 0.3 is 11.7 Å². The second-order valence-corrected chi connectivity index (χ2v) is 4.47. The number of nitrogens with zero attached hydrogens (tertiary/aromatic N) is 1. The maximum Gasteiger partial charge on any atom is 0.325 e. The first kappa shape index (κ1) is 11.0. The minimum Gasteiger partial charge on any atom is -0.481 e. The predicted octanol–water partition coefficient (Wildman–Crippen LogP) is 1.07. The standard InChI is InChI=1S/C11H16N2O3/c14-10(15)9-3-1-8(2-4-9)7-13-6-5-12-11(13)16/h5-6,8-9H,1-4,7H2,(H,12,16)(H,14,15). The van der Waals surface area contributed by atoms with E-state index >= 15 is 0 Å². The zero-order valence-corrected chi connectivity index (χ0v) is 9.06. The summed E-state index contributed by atoms with van der Waals surface area (Å²) in [5, 5.41) is 8.87. The van der Waals surface area contributed by atoms with Crippen LogP contribution in [0.5, 0.6) is 0 Å². The second kappa shape index (κ2) is 4.55. The average Bonchev–Trinajstić information content (AvgIpc) is 2.65. The number of hydrogen-bond acceptors (Lipinski definition) is 2. The van der Waals surface area contributed by atoms with E-state index in [1.54, 1.807) is 17.0 Å². The SMILES string of the molecule is O=C(O)C1CCC(Cn2cc[nH]c2=O)CC1. The van der Waals surface area contributed by atoms with E-state index in [4.69, 9.17) is 5.11 Å². The van der Waals surface area contributed by atoms with E-state index in [-0.39, 0.29) is 11.6 Å². The van der Waals surface area contributed by atoms with Crippen LogP contribution >= 0.6 is 0 Å². The van der Waals surface area contributed by atoms with Crippen molar-refractivity contribution >= 4 is 5.97 Å². The van der Waals surface area contributed by atoms with Crippen molar-refractivity contribution in [3.05, 3.63) is 22.9 Å². The smallest absolute Gasteiger partial charge is 0.325 e. The van der Waals surface area contributed by atoms with Crippen LogP contribution in [0.3, 0.4) is 0 Å². The maximum absolute atomic E-state index is 11.3. The van der Waals surface area contributed by atoms with Gasteiger partial charge in [-0.15, -0.1) is 0 Å². The summed E-state index contributed by atoms with van der Waals surface area (Å²) in [5.41, 5.74) is -0.0830. The van der Waals surface area contributed by atoms with Crippen LogP contribution in [0.2, 0.25) is 0 Å². The molecule has 88 valence electrons. The molecular weight excluding hydrogens is 208 g/mol. The predicted molar refractivity (Wildman–Crippen MR) is 58.1 cm³/mol. The second-order valence-electron chi connectivity index (χ2n) is 4.47. The normalized spacial score (nSPS) is 25.5. The Kier molecular flexibility index (Phi) is 3.12. The highest BCUT2D eigenvalue weighted by Crippen LogP contribution is 2.29. The number of nitrogens with one attached hydrogen (secondary N) is 1. The first-order valence-corrected chi connectivity index (χ1v) is 5.63. The van der Waals surface area contributed by atoms with Gasteiger partial charge in [0.05, 0.1) is 5.92 Å². The Morgan fingerprint density at radius 2 is 2.12 bits per heavy atom. The lowest BCUT2D eigenvalue weighted by molar-refractivity contribution is -0.143. The summed E-state index contributed by atoms with van der Waals surface area (Å²) in [5.74, 6) is -0.430. The van der Waals surface area contributed by atoms with Gasteiger partial charge in [-0.05, 0) is 31.6 Å². The van der Waals surface area contributed by atoms with Gasteiger partial charge in [0.1, 0.15) is 0 Å². The van der Waals surface area contributed by atoms with E-state index in [1.165, 1.54) is 0 Å². The molecule has 0 spiro atoms. The highest BCUT2D eigenvalue weighted by Gasteiger charge is 2.26. The number of imidazole rings is 1. The molecule has 0 radical (unpaired) electrons. The van der Waals surface area contributed by atoms with E-state index < -0.39 is 5.97 Å². The molecular formula is C11H16N2O3. The molecule has 5 nitrogen and oxygen atoms in total. The Morgan fingerprint density at radius 3 is 2.62 bits per heavy atom. The Balaban J connectivity index is 1.88. The Hall–Kier alpha value is -1.52. The van der Waals surface area contributed by atoms with Gasteiger partial charge in [-0.1, -0.05) is 0 Å². The number of carbonyl (C=O) groups is 1. The summed E-state index contributed by atoms with van der Waals surface area (Å²) in [6, 6.07) is 0. The Labute approximate surface area is 93.1 Å². The number of rotatable bonds is 3. The number of aromatic amines is 1. The van der Waals surface area contributed by atoms with E-state index in [9.17, 15) is 9.59 Å². The Bertz CT molecular complexity index is 413. The minimum absolute atomic E-state index is 0.0830. The quantitative estimate of drug-likeness (QED) is 0.806. The molecule has 1 aromatic heterocycles. The molecule has 0 bridgehead atoms. The van der Waals surface area contributed by atoms with E-state index in [0.29, 0.717) is 12.5 Å². The molecule has 16 heavy (non-hydrogen) atoms. The lowest BCUT2D eigenvalue weighted by atomic mass is 9.82. The van der Waals surface area contributed by atoms with Gasteiger partial charge in [0.25, 0.3) is 0 Å². The molecule has 1 saturated carbocycles. The molecule has 1 aliphatic rings. The van der Waals surface area contributed by atoms with Crippen LogP contribution in [0.25, 0.3) is 0 Å². The fourth-order valence-electron chi connectivity index (χ4n) is 2.36. The van der Waals surface area contributed by atoms with Gasteiger partial charge in [-0.25, -0.2) is 4.79 Å². The van der Waals surface area contributed by atoms with Gasteiger partial charge in [0, 0.05) is 18.9 Å². The van der Waals surface area contributed by atoms with E-state index in [2.05, 4.69) is 4.98 Å². The molecule has 0 saturated heterocycles. The molecule has 5 heteroatoms. The number of hydrogen-bond donors (Lipinski definition) is 2. The monoisotopic (exact) mass is 224 g/mol. The number of H-pyrrole nitrogens is 1. The van der Waals surface area contributed by atoms with Crippen molar-refractivity contribution in [1.82, 2.24) is 9.55 Å². The zero-order chi connectivity index (χ0) is 11.5. The van der Waals surface area contributed by atoms with E-state index in [1.807, 2.05) is 0 Å². The molecule has 0 unspecified atom stereocenters. The number of carboxylic acids is 1. The van der Waals surface area contributed by atoms with Gasteiger partial charge < -0.3 is 10.1 Å². The van der Waals surface area contributed by atoms with E-state index in [0.717, 1.165) is 25.7 Å².